The lowest BCUT2D eigenvalue weighted by molar-refractivity contribution is -0.385. The molecule has 1 aromatic carbocycles. The van der Waals surface area contributed by atoms with E-state index in [0.717, 1.165) is 32.2 Å². The Bertz CT molecular complexity index is 742. The van der Waals surface area contributed by atoms with Crippen LogP contribution in [0.2, 0.25) is 0 Å². The van der Waals surface area contributed by atoms with Gasteiger partial charge < -0.3 is 4.90 Å². The summed E-state index contributed by atoms with van der Waals surface area (Å²) in [7, 11) is 0. The zero-order valence-corrected chi connectivity index (χ0v) is 14.4. The summed E-state index contributed by atoms with van der Waals surface area (Å²) < 4.78 is 0. The molecule has 3 rings (SSSR count). The van der Waals surface area contributed by atoms with Gasteiger partial charge in [0, 0.05) is 18.7 Å². The van der Waals surface area contributed by atoms with Crippen LogP contribution in [-0.4, -0.2) is 28.3 Å². The summed E-state index contributed by atoms with van der Waals surface area (Å²) in [5.41, 5.74) is 1.32. The fourth-order valence-corrected chi connectivity index (χ4v) is 4.22. The van der Waals surface area contributed by atoms with Gasteiger partial charge in [-0.2, -0.15) is 0 Å². The Morgan fingerprint density at radius 1 is 1.38 bits per heavy atom. The number of hydrogen-bond donors (Lipinski definition) is 0. The van der Waals surface area contributed by atoms with Crippen LogP contribution in [0.4, 0.5) is 5.69 Å². The standard InChI is InChI=1S/C18H20N2O3S/c1-13-16(20(22)23)12-17(24-13)18(21)19-11-5-8-15(19)10-9-14-6-3-2-4-7-14/h2-4,6-7,12,15H,5,8-11H2,1H3/t15-/m0/s1. The Hall–Kier alpha value is -2.21. The maximum atomic E-state index is 12.8. The molecule has 0 unspecified atom stereocenters. The lowest BCUT2D eigenvalue weighted by atomic mass is 10.0. The van der Waals surface area contributed by atoms with Crippen molar-refractivity contribution in [3.05, 3.63) is 61.8 Å². The van der Waals surface area contributed by atoms with Crippen LogP contribution in [0.1, 0.15) is 39.4 Å². The average Bonchev–Trinajstić information content (AvgIpc) is 3.19. The van der Waals surface area contributed by atoms with Crippen LogP contribution < -0.4 is 0 Å². The number of nitro groups is 1. The van der Waals surface area contributed by atoms with Crippen molar-refractivity contribution < 1.29 is 9.72 Å². The van der Waals surface area contributed by atoms with E-state index in [2.05, 4.69) is 12.1 Å². The minimum absolute atomic E-state index is 0.0448. The van der Waals surface area contributed by atoms with Crippen molar-refractivity contribution in [2.45, 2.75) is 38.6 Å². The predicted molar refractivity (Wildman–Crippen MR) is 94.5 cm³/mol. The SMILES string of the molecule is Cc1sc(C(=O)N2CCC[C@H]2CCc2ccccc2)cc1[N+](=O)[O-]. The van der Waals surface area contributed by atoms with Crippen LogP contribution >= 0.6 is 11.3 Å². The molecule has 0 radical (unpaired) electrons. The van der Waals surface area contributed by atoms with Gasteiger partial charge in [-0.25, -0.2) is 0 Å². The van der Waals surface area contributed by atoms with E-state index in [0.29, 0.717) is 9.75 Å². The summed E-state index contributed by atoms with van der Waals surface area (Å²) in [6.45, 7) is 2.43. The van der Waals surface area contributed by atoms with E-state index in [1.54, 1.807) is 6.92 Å². The first-order valence-corrected chi connectivity index (χ1v) is 8.97. The molecule has 0 bridgehead atoms. The van der Waals surface area contributed by atoms with E-state index < -0.39 is 4.92 Å². The largest absolute Gasteiger partial charge is 0.335 e. The molecule has 2 aromatic rings. The van der Waals surface area contributed by atoms with E-state index in [-0.39, 0.29) is 17.6 Å². The van der Waals surface area contributed by atoms with Gasteiger partial charge in [0.05, 0.1) is 14.7 Å². The predicted octanol–water partition coefficient (Wildman–Crippen LogP) is 4.20. The average molecular weight is 344 g/mol. The van der Waals surface area contributed by atoms with Crippen LogP contribution in [0.15, 0.2) is 36.4 Å². The molecule has 0 spiro atoms. The molecule has 0 aliphatic carbocycles. The van der Waals surface area contributed by atoms with E-state index in [9.17, 15) is 14.9 Å². The second-order valence-electron chi connectivity index (χ2n) is 6.13. The normalized spacial score (nSPS) is 17.2. The first-order chi connectivity index (χ1) is 11.6. The second kappa shape index (κ2) is 7.13. The molecule has 5 nitrogen and oxygen atoms in total. The molecule has 24 heavy (non-hydrogen) atoms. The van der Waals surface area contributed by atoms with Crippen LogP contribution in [0.5, 0.6) is 0 Å². The highest BCUT2D eigenvalue weighted by molar-refractivity contribution is 7.14. The molecule has 1 atom stereocenters. The molecule has 6 heteroatoms. The first kappa shape index (κ1) is 16.6. The van der Waals surface area contributed by atoms with Gasteiger partial charge in [0.15, 0.2) is 0 Å². The monoisotopic (exact) mass is 344 g/mol. The fraction of sp³-hybridized carbons (Fsp3) is 0.389. The zero-order chi connectivity index (χ0) is 17.1. The van der Waals surface area contributed by atoms with Crippen LogP contribution in [0.25, 0.3) is 0 Å². The van der Waals surface area contributed by atoms with Gasteiger partial charge in [0.1, 0.15) is 0 Å². The number of aryl methyl sites for hydroxylation is 2. The highest BCUT2D eigenvalue weighted by atomic mass is 32.1. The molecule has 0 N–H and O–H groups in total. The van der Waals surface area contributed by atoms with Crippen molar-refractivity contribution >= 4 is 22.9 Å². The van der Waals surface area contributed by atoms with Crippen LogP contribution in [0, 0.1) is 17.0 Å². The van der Waals surface area contributed by atoms with Gasteiger partial charge >= 0.3 is 0 Å². The van der Waals surface area contributed by atoms with E-state index >= 15 is 0 Å². The molecule has 0 saturated carbocycles. The van der Waals surface area contributed by atoms with Crippen molar-refractivity contribution in [1.82, 2.24) is 4.90 Å². The van der Waals surface area contributed by atoms with E-state index in [4.69, 9.17) is 0 Å². The number of rotatable bonds is 5. The quantitative estimate of drug-likeness (QED) is 0.603. The lowest BCUT2D eigenvalue weighted by Crippen LogP contribution is -2.35. The third-order valence-electron chi connectivity index (χ3n) is 4.55. The summed E-state index contributed by atoms with van der Waals surface area (Å²) in [6.07, 6.45) is 3.88. The topological polar surface area (TPSA) is 63.5 Å². The molecule has 1 aliphatic rings. The molecule has 1 amide bonds. The van der Waals surface area contributed by atoms with Gasteiger partial charge in [-0.05, 0) is 38.2 Å². The first-order valence-electron chi connectivity index (χ1n) is 8.16. The van der Waals surface area contributed by atoms with Crippen molar-refractivity contribution in [3.63, 3.8) is 0 Å². The third kappa shape index (κ3) is 3.48. The number of nitrogens with zero attached hydrogens (tertiary/aromatic N) is 2. The third-order valence-corrected chi connectivity index (χ3v) is 5.57. The molecular weight excluding hydrogens is 324 g/mol. The van der Waals surface area contributed by atoms with Gasteiger partial charge in [0.2, 0.25) is 0 Å². The summed E-state index contributed by atoms with van der Waals surface area (Å²) in [4.78, 5) is 26.3. The Morgan fingerprint density at radius 2 is 2.12 bits per heavy atom. The molecule has 126 valence electrons. The highest BCUT2D eigenvalue weighted by Crippen LogP contribution is 2.31. The summed E-state index contributed by atoms with van der Waals surface area (Å²) >= 11 is 1.22. The van der Waals surface area contributed by atoms with Crippen molar-refractivity contribution in [2.75, 3.05) is 6.54 Å². The lowest BCUT2D eigenvalue weighted by Gasteiger charge is -2.24. The smallest absolute Gasteiger partial charge is 0.283 e. The Labute approximate surface area is 145 Å². The molecule has 2 heterocycles. The van der Waals surface area contributed by atoms with Crippen LogP contribution in [0.3, 0.4) is 0 Å². The molecular formula is C18H20N2O3S. The molecule has 1 saturated heterocycles. The van der Waals surface area contributed by atoms with Gasteiger partial charge in [-0.15, -0.1) is 11.3 Å². The summed E-state index contributed by atoms with van der Waals surface area (Å²) in [5, 5.41) is 11.0. The number of hydrogen-bond acceptors (Lipinski definition) is 4. The second-order valence-corrected chi connectivity index (χ2v) is 7.38. The Balaban J connectivity index is 1.69. The Kier molecular flexibility index (Phi) is 4.94. The maximum absolute atomic E-state index is 12.8. The minimum atomic E-state index is -0.417. The fourth-order valence-electron chi connectivity index (χ4n) is 3.28. The summed E-state index contributed by atoms with van der Waals surface area (Å²) in [6, 6.07) is 11.9. The molecule has 1 fully saturated rings. The zero-order valence-electron chi connectivity index (χ0n) is 13.6. The number of carbonyl (C=O) groups excluding carboxylic acids is 1. The maximum Gasteiger partial charge on any atom is 0.283 e. The van der Waals surface area contributed by atoms with Crippen LogP contribution in [-0.2, 0) is 6.42 Å². The summed E-state index contributed by atoms with van der Waals surface area (Å²) in [5.74, 6) is -0.0632. The molecule has 1 aromatic heterocycles. The van der Waals surface area contributed by atoms with Gasteiger partial charge in [-0.1, -0.05) is 30.3 Å². The van der Waals surface area contributed by atoms with Crippen molar-refractivity contribution in [2.24, 2.45) is 0 Å². The minimum Gasteiger partial charge on any atom is -0.335 e. The van der Waals surface area contributed by atoms with E-state index in [1.165, 1.54) is 23.0 Å². The van der Waals surface area contributed by atoms with Gasteiger partial charge in [-0.3, -0.25) is 14.9 Å². The number of carbonyl (C=O) groups is 1. The number of likely N-dealkylation sites (tertiary alicyclic amines) is 1. The van der Waals surface area contributed by atoms with E-state index in [1.807, 2.05) is 23.1 Å². The number of thiophene rings is 1. The van der Waals surface area contributed by atoms with Crippen molar-refractivity contribution in [3.8, 4) is 0 Å². The number of amides is 1. The van der Waals surface area contributed by atoms with Crippen molar-refractivity contribution in [1.29, 1.82) is 0 Å². The Morgan fingerprint density at radius 3 is 2.79 bits per heavy atom. The number of benzene rings is 1. The van der Waals surface area contributed by atoms with Gasteiger partial charge in [0.25, 0.3) is 11.6 Å². The highest BCUT2D eigenvalue weighted by Gasteiger charge is 2.31. The molecule has 1 aliphatic heterocycles.